The Hall–Kier alpha value is -2.06. The Bertz CT molecular complexity index is 633. The van der Waals surface area contributed by atoms with Crippen LogP contribution >= 0.6 is 11.3 Å². The van der Waals surface area contributed by atoms with E-state index in [-0.39, 0.29) is 11.1 Å². The largest absolute Gasteiger partial charge is 0.241 e. The fourth-order valence-electron chi connectivity index (χ4n) is 1.41. The molecular weight excluding hydrogens is 254 g/mol. The first-order chi connectivity index (χ1) is 8.61. The Morgan fingerprint density at radius 3 is 2.56 bits per heavy atom. The summed E-state index contributed by atoms with van der Waals surface area (Å²) in [6, 6.07) is 5.49. The van der Waals surface area contributed by atoms with Crippen molar-refractivity contribution in [2.45, 2.75) is 6.92 Å². The van der Waals surface area contributed by atoms with Gasteiger partial charge in [0.05, 0.1) is 5.57 Å². The molecule has 0 atom stereocenters. The lowest BCUT2D eigenvalue weighted by molar-refractivity contribution is 0.579. The van der Waals surface area contributed by atoms with E-state index in [2.05, 4.69) is 4.98 Å². The highest BCUT2D eigenvalue weighted by Crippen LogP contribution is 2.23. The topological polar surface area (TPSA) is 36.7 Å². The van der Waals surface area contributed by atoms with Crippen molar-refractivity contribution in [2.24, 2.45) is 0 Å². The molecule has 0 N–H and O–H groups in total. The van der Waals surface area contributed by atoms with Crippen molar-refractivity contribution < 1.29 is 8.78 Å². The van der Waals surface area contributed by atoms with Crippen molar-refractivity contribution >= 4 is 23.0 Å². The maximum Gasteiger partial charge on any atom is 0.134 e. The zero-order chi connectivity index (χ0) is 13.1. The highest BCUT2D eigenvalue weighted by Gasteiger charge is 2.10. The monoisotopic (exact) mass is 262 g/mol. The second-order valence-electron chi connectivity index (χ2n) is 3.60. The number of hydrogen-bond acceptors (Lipinski definition) is 3. The average molecular weight is 262 g/mol. The molecule has 90 valence electrons. The molecule has 0 saturated carbocycles. The number of nitriles is 1. The van der Waals surface area contributed by atoms with Crippen LogP contribution in [0.5, 0.6) is 0 Å². The minimum Gasteiger partial charge on any atom is -0.241 e. The summed E-state index contributed by atoms with van der Waals surface area (Å²) in [4.78, 5) is 4.12. The van der Waals surface area contributed by atoms with Gasteiger partial charge in [-0.3, -0.25) is 0 Å². The summed E-state index contributed by atoms with van der Waals surface area (Å²) >= 11 is 1.27. The zero-order valence-corrected chi connectivity index (χ0v) is 10.3. The van der Waals surface area contributed by atoms with Crippen molar-refractivity contribution in [2.75, 3.05) is 0 Å². The summed E-state index contributed by atoms with van der Waals surface area (Å²) in [5.41, 5.74) is 0.698. The van der Waals surface area contributed by atoms with Gasteiger partial charge in [-0.25, -0.2) is 13.8 Å². The van der Waals surface area contributed by atoms with Gasteiger partial charge in [-0.1, -0.05) is 6.07 Å². The number of allylic oxidation sites excluding steroid dienone is 1. The SMILES string of the molecule is Cc1csc(C(C#N)=Cc2c(F)cccc2F)n1. The first-order valence-electron chi connectivity index (χ1n) is 5.10. The van der Waals surface area contributed by atoms with Crippen LogP contribution in [0.3, 0.4) is 0 Å². The Balaban J connectivity index is 2.52. The lowest BCUT2D eigenvalue weighted by Crippen LogP contribution is -1.89. The first-order valence-corrected chi connectivity index (χ1v) is 5.98. The molecule has 0 aliphatic rings. The fourth-order valence-corrected chi connectivity index (χ4v) is 2.18. The third kappa shape index (κ3) is 2.44. The number of aromatic nitrogens is 1. The molecule has 0 unspecified atom stereocenters. The van der Waals surface area contributed by atoms with Crippen molar-refractivity contribution in [1.82, 2.24) is 4.98 Å². The van der Waals surface area contributed by atoms with Crippen molar-refractivity contribution in [1.29, 1.82) is 5.26 Å². The van der Waals surface area contributed by atoms with Gasteiger partial charge >= 0.3 is 0 Å². The fraction of sp³-hybridized carbons (Fsp3) is 0.0769. The van der Waals surface area contributed by atoms with Gasteiger partial charge < -0.3 is 0 Å². The molecule has 0 aliphatic heterocycles. The summed E-state index contributed by atoms with van der Waals surface area (Å²) in [6.07, 6.45) is 1.18. The molecule has 0 radical (unpaired) electrons. The summed E-state index contributed by atoms with van der Waals surface area (Å²) in [6.45, 7) is 1.79. The molecule has 5 heteroatoms. The van der Waals surface area contributed by atoms with Crippen LogP contribution in [-0.4, -0.2) is 4.98 Å². The van der Waals surface area contributed by atoms with Gasteiger partial charge in [0, 0.05) is 16.6 Å². The molecule has 0 amide bonds. The van der Waals surface area contributed by atoms with E-state index < -0.39 is 11.6 Å². The van der Waals surface area contributed by atoms with E-state index in [9.17, 15) is 8.78 Å². The van der Waals surface area contributed by atoms with E-state index in [1.54, 1.807) is 12.3 Å². The van der Waals surface area contributed by atoms with Crippen LogP contribution < -0.4 is 0 Å². The van der Waals surface area contributed by atoms with Crippen LogP contribution in [0.4, 0.5) is 8.78 Å². The molecule has 0 bridgehead atoms. The van der Waals surface area contributed by atoms with E-state index in [0.717, 1.165) is 17.8 Å². The van der Waals surface area contributed by atoms with Gasteiger partial charge in [0.1, 0.15) is 22.7 Å². The Kier molecular flexibility index (Phi) is 3.49. The van der Waals surface area contributed by atoms with Crippen LogP contribution in [0.25, 0.3) is 11.6 Å². The Morgan fingerprint density at radius 1 is 1.39 bits per heavy atom. The van der Waals surface area contributed by atoms with Crippen LogP contribution in [-0.2, 0) is 0 Å². The number of benzene rings is 1. The summed E-state index contributed by atoms with van der Waals surface area (Å²) in [5, 5.41) is 11.3. The molecule has 2 rings (SSSR count). The van der Waals surface area contributed by atoms with Gasteiger partial charge in [-0.05, 0) is 25.1 Å². The lowest BCUT2D eigenvalue weighted by Gasteiger charge is -1.99. The molecule has 2 nitrogen and oxygen atoms in total. The molecule has 1 heterocycles. The summed E-state index contributed by atoms with van der Waals surface area (Å²) in [5.74, 6) is -1.40. The third-order valence-electron chi connectivity index (χ3n) is 2.26. The van der Waals surface area contributed by atoms with Gasteiger partial charge in [-0.2, -0.15) is 5.26 Å². The molecule has 1 aromatic carbocycles. The minimum absolute atomic E-state index is 0.150. The van der Waals surface area contributed by atoms with E-state index >= 15 is 0 Å². The van der Waals surface area contributed by atoms with Crippen LogP contribution in [0.1, 0.15) is 16.3 Å². The van der Waals surface area contributed by atoms with Gasteiger partial charge in [0.2, 0.25) is 0 Å². The van der Waals surface area contributed by atoms with Crippen LogP contribution in [0.2, 0.25) is 0 Å². The van der Waals surface area contributed by atoms with E-state index in [1.807, 2.05) is 6.07 Å². The highest BCUT2D eigenvalue weighted by atomic mass is 32.1. The molecule has 18 heavy (non-hydrogen) atoms. The smallest absolute Gasteiger partial charge is 0.134 e. The molecular formula is C13H8F2N2S. The first kappa shape index (κ1) is 12.4. The van der Waals surface area contributed by atoms with Gasteiger partial charge in [0.25, 0.3) is 0 Å². The molecule has 1 aromatic heterocycles. The number of hydrogen-bond donors (Lipinski definition) is 0. The number of nitrogens with zero attached hydrogens (tertiary/aromatic N) is 2. The summed E-state index contributed by atoms with van der Waals surface area (Å²) < 4.78 is 26.9. The number of thiazole rings is 1. The normalized spacial score (nSPS) is 11.3. The second-order valence-corrected chi connectivity index (χ2v) is 4.46. The molecule has 0 fully saturated rings. The number of aryl methyl sites for hydroxylation is 1. The van der Waals surface area contributed by atoms with Crippen LogP contribution in [0, 0.1) is 29.9 Å². The maximum atomic E-state index is 13.5. The van der Waals surface area contributed by atoms with Crippen LogP contribution in [0.15, 0.2) is 23.6 Å². The van der Waals surface area contributed by atoms with E-state index in [0.29, 0.717) is 5.01 Å². The standard InChI is InChI=1S/C13H8F2N2S/c1-8-7-18-13(17-8)9(6-16)5-10-11(14)3-2-4-12(10)15/h2-5,7H,1H3. The van der Waals surface area contributed by atoms with Crippen molar-refractivity contribution in [3.8, 4) is 6.07 Å². The van der Waals surface area contributed by atoms with E-state index in [4.69, 9.17) is 5.26 Å². The number of halogens is 2. The Morgan fingerprint density at radius 2 is 2.06 bits per heavy atom. The maximum absolute atomic E-state index is 13.5. The number of rotatable bonds is 2. The molecule has 0 saturated heterocycles. The predicted molar refractivity (Wildman–Crippen MR) is 66.7 cm³/mol. The minimum atomic E-state index is -0.698. The zero-order valence-electron chi connectivity index (χ0n) is 9.45. The summed E-state index contributed by atoms with van der Waals surface area (Å²) in [7, 11) is 0. The van der Waals surface area contributed by atoms with Gasteiger partial charge in [0.15, 0.2) is 0 Å². The Labute approximate surface area is 107 Å². The molecule has 2 aromatic rings. The van der Waals surface area contributed by atoms with Gasteiger partial charge in [-0.15, -0.1) is 11.3 Å². The molecule has 0 spiro atoms. The highest BCUT2D eigenvalue weighted by molar-refractivity contribution is 7.11. The van der Waals surface area contributed by atoms with E-state index in [1.165, 1.54) is 23.5 Å². The second kappa shape index (κ2) is 5.07. The molecule has 0 aliphatic carbocycles. The quantitative estimate of drug-likeness (QED) is 0.772. The van der Waals surface area contributed by atoms with Crippen molar-refractivity contribution in [3.63, 3.8) is 0 Å². The van der Waals surface area contributed by atoms with Crippen molar-refractivity contribution in [3.05, 3.63) is 51.5 Å². The lowest BCUT2D eigenvalue weighted by atomic mass is 10.1. The predicted octanol–water partition coefficient (Wildman–Crippen LogP) is 3.79. The third-order valence-corrected chi connectivity index (χ3v) is 3.25. The average Bonchev–Trinajstić information content (AvgIpc) is 2.76.